The Morgan fingerprint density at radius 1 is 1.42 bits per heavy atom. The largest absolute Gasteiger partial charge is 0.349 e. The zero-order chi connectivity index (χ0) is 9.14. The van der Waals surface area contributed by atoms with E-state index >= 15 is 0 Å². The van der Waals surface area contributed by atoms with Crippen molar-refractivity contribution < 1.29 is 0 Å². The molecule has 0 saturated heterocycles. The van der Waals surface area contributed by atoms with E-state index < -0.39 is 0 Å². The van der Waals surface area contributed by atoms with Gasteiger partial charge in [-0.3, -0.25) is 0 Å². The Morgan fingerprint density at radius 2 is 2.08 bits per heavy atom. The molecule has 12 heavy (non-hydrogen) atoms. The van der Waals surface area contributed by atoms with E-state index in [1.54, 1.807) is 0 Å². The van der Waals surface area contributed by atoms with Gasteiger partial charge in [0.15, 0.2) is 0 Å². The number of nitrogens with two attached hydrogens (primary N) is 1. The van der Waals surface area contributed by atoms with Gasteiger partial charge in [-0.2, -0.15) is 0 Å². The summed E-state index contributed by atoms with van der Waals surface area (Å²) in [5, 5.41) is 0. The van der Waals surface area contributed by atoms with Gasteiger partial charge in [0.05, 0.1) is 0 Å². The van der Waals surface area contributed by atoms with Crippen molar-refractivity contribution in [3.8, 4) is 0 Å². The van der Waals surface area contributed by atoms with Gasteiger partial charge in [-0.15, -0.1) is 0 Å². The Balaban J connectivity index is 3.01. The van der Waals surface area contributed by atoms with Gasteiger partial charge in [0, 0.05) is 24.5 Å². The Labute approximate surface area is 74.4 Å². The average molecular weight is 166 g/mol. The summed E-state index contributed by atoms with van der Waals surface area (Å²) in [5.41, 5.74) is 9.55. The molecule has 0 aliphatic heterocycles. The molecule has 0 aliphatic rings. The van der Waals surface area contributed by atoms with E-state index in [4.69, 9.17) is 5.73 Å². The lowest BCUT2D eigenvalue weighted by Gasteiger charge is -2.07. The van der Waals surface area contributed by atoms with Crippen LogP contribution in [0.15, 0.2) is 6.07 Å². The second-order valence-corrected chi connectivity index (χ2v) is 3.25. The monoisotopic (exact) mass is 166 g/mol. The van der Waals surface area contributed by atoms with Gasteiger partial charge in [-0.25, -0.2) is 0 Å². The SMILES string of the molecule is CCCn1c(C)cc(CN)c1C. The lowest BCUT2D eigenvalue weighted by Crippen LogP contribution is -2.03. The van der Waals surface area contributed by atoms with Crippen LogP contribution in [0, 0.1) is 13.8 Å². The highest BCUT2D eigenvalue weighted by Gasteiger charge is 2.05. The maximum absolute atomic E-state index is 5.62. The molecule has 0 unspecified atom stereocenters. The molecule has 2 nitrogen and oxygen atoms in total. The van der Waals surface area contributed by atoms with Crippen LogP contribution in [0.2, 0.25) is 0 Å². The van der Waals surface area contributed by atoms with Gasteiger partial charge in [0.25, 0.3) is 0 Å². The third kappa shape index (κ3) is 1.53. The van der Waals surface area contributed by atoms with Crippen LogP contribution < -0.4 is 5.73 Å². The maximum atomic E-state index is 5.62. The number of rotatable bonds is 3. The molecule has 0 bridgehead atoms. The summed E-state index contributed by atoms with van der Waals surface area (Å²) in [4.78, 5) is 0. The average Bonchev–Trinajstić information content (AvgIpc) is 2.32. The first-order valence-corrected chi connectivity index (χ1v) is 4.56. The van der Waals surface area contributed by atoms with Crippen LogP contribution in [0.3, 0.4) is 0 Å². The maximum Gasteiger partial charge on any atom is 0.0222 e. The minimum atomic E-state index is 0.656. The van der Waals surface area contributed by atoms with Crippen molar-refractivity contribution in [3.63, 3.8) is 0 Å². The highest BCUT2D eigenvalue weighted by molar-refractivity contribution is 5.26. The van der Waals surface area contributed by atoms with Gasteiger partial charge < -0.3 is 10.3 Å². The van der Waals surface area contributed by atoms with E-state index in [1.165, 1.54) is 23.4 Å². The number of hydrogen-bond acceptors (Lipinski definition) is 1. The molecule has 0 aliphatic carbocycles. The first-order chi connectivity index (χ1) is 5.70. The molecule has 0 spiro atoms. The van der Waals surface area contributed by atoms with Gasteiger partial charge in [-0.05, 0) is 31.9 Å². The highest BCUT2D eigenvalue weighted by Crippen LogP contribution is 2.14. The Morgan fingerprint density at radius 3 is 2.50 bits per heavy atom. The van der Waals surface area contributed by atoms with Gasteiger partial charge in [0.2, 0.25) is 0 Å². The molecular weight excluding hydrogens is 148 g/mol. The van der Waals surface area contributed by atoms with Crippen LogP contribution in [0.25, 0.3) is 0 Å². The van der Waals surface area contributed by atoms with E-state index in [2.05, 4.69) is 31.4 Å². The van der Waals surface area contributed by atoms with Crippen molar-refractivity contribution in [2.75, 3.05) is 0 Å². The normalized spacial score (nSPS) is 10.7. The Hall–Kier alpha value is -0.760. The fraction of sp³-hybridized carbons (Fsp3) is 0.600. The Kier molecular flexibility index (Phi) is 2.93. The molecule has 2 N–H and O–H groups in total. The fourth-order valence-electron chi connectivity index (χ4n) is 1.65. The standard InChI is InChI=1S/C10H18N2/c1-4-5-12-8(2)6-10(7-11)9(12)3/h6H,4-5,7,11H2,1-3H3. The number of aromatic nitrogens is 1. The lowest BCUT2D eigenvalue weighted by atomic mass is 10.2. The molecular formula is C10H18N2. The van der Waals surface area contributed by atoms with Crippen molar-refractivity contribution in [2.24, 2.45) is 5.73 Å². The minimum Gasteiger partial charge on any atom is -0.349 e. The molecule has 0 aromatic carbocycles. The van der Waals surface area contributed by atoms with Crippen molar-refractivity contribution in [2.45, 2.75) is 40.3 Å². The molecule has 0 radical (unpaired) electrons. The number of aryl methyl sites for hydroxylation is 1. The molecule has 0 saturated carbocycles. The molecule has 2 heteroatoms. The van der Waals surface area contributed by atoms with Crippen molar-refractivity contribution in [1.82, 2.24) is 4.57 Å². The third-order valence-electron chi connectivity index (χ3n) is 2.35. The van der Waals surface area contributed by atoms with Crippen LogP contribution >= 0.6 is 0 Å². The first-order valence-electron chi connectivity index (χ1n) is 4.56. The van der Waals surface area contributed by atoms with Crippen LogP contribution in [0.4, 0.5) is 0 Å². The third-order valence-corrected chi connectivity index (χ3v) is 2.35. The van der Waals surface area contributed by atoms with Gasteiger partial charge in [0.1, 0.15) is 0 Å². The van der Waals surface area contributed by atoms with Crippen LogP contribution in [-0.4, -0.2) is 4.57 Å². The zero-order valence-electron chi connectivity index (χ0n) is 8.22. The molecule has 1 rings (SSSR count). The molecule has 0 atom stereocenters. The fourth-order valence-corrected chi connectivity index (χ4v) is 1.65. The number of hydrogen-bond donors (Lipinski definition) is 1. The molecule has 1 heterocycles. The molecule has 1 aromatic heterocycles. The summed E-state index contributed by atoms with van der Waals surface area (Å²) in [6.45, 7) is 8.24. The van der Waals surface area contributed by atoms with Gasteiger partial charge >= 0.3 is 0 Å². The van der Waals surface area contributed by atoms with E-state index in [-0.39, 0.29) is 0 Å². The van der Waals surface area contributed by atoms with E-state index in [9.17, 15) is 0 Å². The molecule has 68 valence electrons. The first kappa shape index (κ1) is 9.33. The van der Waals surface area contributed by atoms with E-state index in [1.807, 2.05) is 0 Å². The van der Waals surface area contributed by atoms with Crippen LogP contribution in [-0.2, 0) is 13.1 Å². The van der Waals surface area contributed by atoms with E-state index in [0.29, 0.717) is 6.54 Å². The van der Waals surface area contributed by atoms with E-state index in [0.717, 1.165) is 6.54 Å². The smallest absolute Gasteiger partial charge is 0.0222 e. The molecule has 0 fully saturated rings. The van der Waals surface area contributed by atoms with Crippen molar-refractivity contribution in [3.05, 3.63) is 23.0 Å². The minimum absolute atomic E-state index is 0.656. The summed E-state index contributed by atoms with van der Waals surface area (Å²) in [6.07, 6.45) is 1.18. The number of nitrogens with zero attached hydrogens (tertiary/aromatic N) is 1. The van der Waals surface area contributed by atoms with Gasteiger partial charge in [-0.1, -0.05) is 6.92 Å². The summed E-state index contributed by atoms with van der Waals surface area (Å²) < 4.78 is 2.34. The summed E-state index contributed by atoms with van der Waals surface area (Å²) in [7, 11) is 0. The second kappa shape index (κ2) is 3.76. The highest BCUT2D eigenvalue weighted by atomic mass is 15.0. The predicted octanol–water partition coefficient (Wildman–Crippen LogP) is 1.97. The summed E-state index contributed by atoms with van der Waals surface area (Å²) >= 11 is 0. The quantitative estimate of drug-likeness (QED) is 0.731. The van der Waals surface area contributed by atoms with Crippen molar-refractivity contribution in [1.29, 1.82) is 0 Å². The summed E-state index contributed by atoms with van der Waals surface area (Å²) in [6, 6.07) is 2.19. The molecule has 0 amide bonds. The Bertz CT molecular complexity index is 261. The topological polar surface area (TPSA) is 30.9 Å². The summed E-state index contributed by atoms with van der Waals surface area (Å²) in [5.74, 6) is 0. The molecule has 1 aromatic rings. The predicted molar refractivity (Wildman–Crippen MR) is 52.1 cm³/mol. The van der Waals surface area contributed by atoms with Crippen LogP contribution in [0.1, 0.15) is 30.3 Å². The second-order valence-electron chi connectivity index (χ2n) is 3.25. The van der Waals surface area contributed by atoms with Crippen LogP contribution in [0.5, 0.6) is 0 Å². The van der Waals surface area contributed by atoms with Crippen molar-refractivity contribution >= 4 is 0 Å². The zero-order valence-corrected chi connectivity index (χ0v) is 8.22. The lowest BCUT2D eigenvalue weighted by molar-refractivity contribution is 0.646.